The van der Waals surface area contributed by atoms with Crippen molar-refractivity contribution in [2.45, 2.75) is 18.9 Å². The second kappa shape index (κ2) is 7.10. The molecule has 1 atom stereocenters. The van der Waals surface area contributed by atoms with Crippen molar-refractivity contribution < 1.29 is 9.47 Å². The average molecular weight is 316 g/mol. The number of H-pyrrole nitrogens is 1. The van der Waals surface area contributed by atoms with Crippen molar-refractivity contribution >= 4 is 11.0 Å². The molecule has 1 aromatic carbocycles. The third-order valence-electron chi connectivity index (χ3n) is 4.25. The molecule has 6 nitrogen and oxygen atoms in total. The molecular formula is C17H22N3O3. The number of ether oxygens (including phenoxy) is 2. The summed E-state index contributed by atoms with van der Waals surface area (Å²) in [7, 11) is 3.33. The van der Waals surface area contributed by atoms with E-state index in [4.69, 9.17) is 9.47 Å². The maximum atomic E-state index is 12.2. The molecule has 2 heterocycles. The number of aromatic amines is 1. The highest BCUT2D eigenvalue weighted by Gasteiger charge is 2.19. The van der Waals surface area contributed by atoms with Crippen LogP contribution in [-0.4, -0.2) is 54.8 Å². The molecule has 1 aliphatic rings. The van der Waals surface area contributed by atoms with Gasteiger partial charge in [0.15, 0.2) is 0 Å². The SMILES string of the molecule is COc1ccc2nc(CCN3CC[CH]C(OC)C3)c(=O)[nH]c2c1. The minimum Gasteiger partial charge on any atom is -0.497 e. The van der Waals surface area contributed by atoms with Crippen molar-refractivity contribution in [3.8, 4) is 5.75 Å². The van der Waals surface area contributed by atoms with Gasteiger partial charge < -0.3 is 19.4 Å². The highest BCUT2D eigenvalue weighted by molar-refractivity contribution is 5.75. The van der Waals surface area contributed by atoms with Crippen LogP contribution >= 0.6 is 0 Å². The zero-order chi connectivity index (χ0) is 16.2. The molecule has 0 aliphatic carbocycles. The number of rotatable bonds is 5. The van der Waals surface area contributed by atoms with Crippen molar-refractivity contribution in [3.05, 3.63) is 40.7 Å². The number of aromatic nitrogens is 2. The number of piperidine rings is 1. The van der Waals surface area contributed by atoms with Gasteiger partial charge in [-0.15, -0.1) is 0 Å². The number of hydrogen-bond donors (Lipinski definition) is 1. The fourth-order valence-electron chi connectivity index (χ4n) is 2.90. The predicted molar refractivity (Wildman–Crippen MR) is 88.8 cm³/mol. The van der Waals surface area contributed by atoms with E-state index < -0.39 is 0 Å². The van der Waals surface area contributed by atoms with E-state index in [1.54, 1.807) is 20.3 Å². The number of methoxy groups -OCH3 is 2. The summed E-state index contributed by atoms with van der Waals surface area (Å²) in [4.78, 5) is 21.9. The van der Waals surface area contributed by atoms with E-state index in [1.165, 1.54) is 0 Å². The molecule has 3 rings (SSSR count). The summed E-state index contributed by atoms with van der Waals surface area (Å²) in [5.74, 6) is 0.706. The Morgan fingerprint density at radius 3 is 3.04 bits per heavy atom. The van der Waals surface area contributed by atoms with Crippen LogP contribution in [0.15, 0.2) is 23.0 Å². The molecule has 1 radical (unpaired) electrons. The molecule has 2 aromatic rings. The second-order valence-corrected chi connectivity index (χ2v) is 5.74. The molecule has 1 fully saturated rings. The highest BCUT2D eigenvalue weighted by atomic mass is 16.5. The fraction of sp³-hybridized carbons (Fsp3) is 0.471. The molecule has 1 unspecified atom stereocenters. The Hall–Kier alpha value is -1.92. The van der Waals surface area contributed by atoms with Gasteiger partial charge in [-0.2, -0.15) is 0 Å². The van der Waals surface area contributed by atoms with Gasteiger partial charge in [0.05, 0.1) is 24.2 Å². The van der Waals surface area contributed by atoms with E-state index in [-0.39, 0.29) is 11.7 Å². The van der Waals surface area contributed by atoms with Gasteiger partial charge in [0, 0.05) is 32.7 Å². The molecule has 1 aliphatic heterocycles. The minimum atomic E-state index is -0.127. The van der Waals surface area contributed by atoms with Gasteiger partial charge in [0.1, 0.15) is 11.4 Å². The number of likely N-dealkylation sites (tertiary alicyclic amines) is 1. The number of fused-ring (bicyclic) bond motifs is 1. The van der Waals surface area contributed by atoms with Crippen LogP contribution in [-0.2, 0) is 11.2 Å². The molecular weight excluding hydrogens is 294 g/mol. The summed E-state index contributed by atoms with van der Waals surface area (Å²) < 4.78 is 10.6. The summed E-state index contributed by atoms with van der Waals surface area (Å²) in [6, 6.07) is 5.50. The number of benzene rings is 1. The average Bonchev–Trinajstić information content (AvgIpc) is 2.59. The lowest BCUT2D eigenvalue weighted by molar-refractivity contribution is 0.0646. The molecule has 23 heavy (non-hydrogen) atoms. The van der Waals surface area contributed by atoms with Gasteiger partial charge in [-0.3, -0.25) is 4.79 Å². The molecule has 0 spiro atoms. The minimum absolute atomic E-state index is 0.127. The van der Waals surface area contributed by atoms with Crippen molar-refractivity contribution in [1.29, 1.82) is 0 Å². The molecule has 0 amide bonds. The molecule has 0 bridgehead atoms. The van der Waals surface area contributed by atoms with E-state index in [0.717, 1.165) is 31.6 Å². The highest BCUT2D eigenvalue weighted by Crippen LogP contribution is 2.17. The lowest BCUT2D eigenvalue weighted by Crippen LogP contribution is -2.41. The molecule has 1 N–H and O–H groups in total. The van der Waals surface area contributed by atoms with E-state index in [9.17, 15) is 4.79 Å². The Kier molecular flexibility index (Phi) is 4.93. The third-order valence-corrected chi connectivity index (χ3v) is 4.25. The smallest absolute Gasteiger partial charge is 0.270 e. The first-order chi connectivity index (χ1) is 11.2. The lowest BCUT2D eigenvalue weighted by Gasteiger charge is -2.31. The van der Waals surface area contributed by atoms with Crippen LogP contribution in [0.1, 0.15) is 12.1 Å². The number of nitrogens with one attached hydrogen (secondary N) is 1. The maximum absolute atomic E-state index is 12.2. The second-order valence-electron chi connectivity index (χ2n) is 5.74. The third kappa shape index (κ3) is 3.71. The van der Waals surface area contributed by atoms with Gasteiger partial charge >= 0.3 is 0 Å². The van der Waals surface area contributed by atoms with E-state index in [2.05, 4.69) is 21.3 Å². The van der Waals surface area contributed by atoms with Crippen molar-refractivity contribution in [2.24, 2.45) is 0 Å². The largest absolute Gasteiger partial charge is 0.497 e. The van der Waals surface area contributed by atoms with Gasteiger partial charge in [-0.25, -0.2) is 4.98 Å². The predicted octanol–water partition coefficient (Wildman–Crippen LogP) is 1.40. The van der Waals surface area contributed by atoms with Gasteiger partial charge in [0.25, 0.3) is 5.56 Å². The lowest BCUT2D eigenvalue weighted by atomic mass is 10.1. The monoisotopic (exact) mass is 316 g/mol. The van der Waals surface area contributed by atoms with Gasteiger partial charge in [-0.1, -0.05) is 0 Å². The summed E-state index contributed by atoms with van der Waals surface area (Å²) in [5.41, 5.74) is 1.93. The maximum Gasteiger partial charge on any atom is 0.270 e. The van der Waals surface area contributed by atoms with Crippen LogP contribution < -0.4 is 10.3 Å². The van der Waals surface area contributed by atoms with Crippen molar-refractivity contribution in [1.82, 2.24) is 14.9 Å². The van der Waals surface area contributed by atoms with Crippen molar-refractivity contribution in [2.75, 3.05) is 33.9 Å². The van der Waals surface area contributed by atoms with Gasteiger partial charge in [0.2, 0.25) is 0 Å². The topological polar surface area (TPSA) is 67.5 Å². The Morgan fingerprint density at radius 1 is 1.39 bits per heavy atom. The zero-order valence-corrected chi connectivity index (χ0v) is 13.5. The molecule has 6 heteroatoms. The zero-order valence-electron chi connectivity index (χ0n) is 13.5. The van der Waals surface area contributed by atoms with E-state index >= 15 is 0 Å². The normalized spacial score (nSPS) is 19.1. The Morgan fingerprint density at radius 2 is 2.26 bits per heavy atom. The Labute approximate surface area is 135 Å². The Bertz CT molecular complexity index is 729. The first-order valence-electron chi connectivity index (χ1n) is 7.85. The van der Waals surface area contributed by atoms with Crippen LogP contribution in [0.3, 0.4) is 0 Å². The first kappa shape index (κ1) is 16.0. The molecule has 1 saturated heterocycles. The van der Waals surface area contributed by atoms with E-state index in [1.807, 2.05) is 12.1 Å². The summed E-state index contributed by atoms with van der Waals surface area (Å²) in [6.07, 6.45) is 4.03. The molecule has 1 aromatic heterocycles. The van der Waals surface area contributed by atoms with Gasteiger partial charge in [-0.05, 0) is 31.5 Å². The van der Waals surface area contributed by atoms with Crippen molar-refractivity contribution in [3.63, 3.8) is 0 Å². The fourth-order valence-corrected chi connectivity index (χ4v) is 2.90. The van der Waals surface area contributed by atoms with Crippen LogP contribution in [0.4, 0.5) is 0 Å². The quantitative estimate of drug-likeness (QED) is 0.903. The van der Waals surface area contributed by atoms with Crippen LogP contribution in [0.2, 0.25) is 0 Å². The number of hydrogen-bond acceptors (Lipinski definition) is 5. The molecule has 123 valence electrons. The first-order valence-corrected chi connectivity index (χ1v) is 7.85. The van der Waals surface area contributed by atoms with Crippen LogP contribution in [0.25, 0.3) is 11.0 Å². The van der Waals surface area contributed by atoms with E-state index in [0.29, 0.717) is 23.4 Å². The summed E-state index contributed by atoms with van der Waals surface area (Å²) >= 11 is 0. The standard InChI is InChI=1S/C17H22N3O3/c1-22-12-5-6-14-16(10-12)19-17(21)15(18-14)7-9-20-8-3-4-13(11-20)23-2/h4-6,10,13H,3,7-9,11H2,1-2H3,(H,19,21). The summed E-state index contributed by atoms with van der Waals surface area (Å²) in [5, 5.41) is 0. The van der Waals surface area contributed by atoms with Crippen LogP contribution in [0, 0.1) is 6.42 Å². The summed E-state index contributed by atoms with van der Waals surface area (Å²) in [6.45, 7) is 2.69. The van der Waals surface area contributed by atoms with Crippen LogP contribution in [0.5, 0.6) is 5.75 Å². The molecule has 0 saturated carbocycles. The Balaban J connectivity index is 1.72. The number of nitrogens with zero attached hydrogens (tertiary/aromatic N) is 2.